The van der Waals surface area contributed by atoms with E-state index >= 15 is 0 Å². The van der Waals surface area contributed by atoms with E-state index in [0.29, 0.717) is 0 Å². The highest BCUT2D eigenvalue weighted by molar-refractivity contribution is 5.70. The first-order valence-corrected chi connectivity index (χ1v) is 8.32. The van der Waals surface area contributed by atoms with Crippen LogP contribution in [0.2, 0.25) is 0 Å². The zero-order valence-corrected chi connectivity index (χ0v) is 14.1. The maximum Gasteiger partial charge on any atom is 0.269 e. The number of nitrogens with zero attached hydrogens (tertiary/aromatic N) is 2. The van der Waals surface area contributed by atoms with Gasteiger partial charge in [-0.15, -0.1) is 0 Å². The summed E-state index contributed by atoms with van der Waals surface area (Å²) in [7, 11) is 1.97. The summed E-state index contributed by atoms with van der Waals surface area (Å²) in [6, 6.07) is 15.2. The molecule has 0 amide bonds. The van der Waals surface area contributed by atoms with Crippen molar-refractivity contribution in [3.8, 4) is 0 Å². The van der Waals surface area contributed by atoms with Crippen molar-refractivity contribution in [3.05, 3.63) is 70.3 Å². The molecule has 0 heterocycles. The Morgan fingerprint density at radius 1 is 1.04 bits per heavy atom. The zero-order valence-electron chi connectivity index (χ0n) is 14.1. The Morgan fingerprint density at radius 3 is 2.12 bits per heavy atom. The molecule has 4 nitrogen and oxygen atoms in total. The molecule has 0 radical (unpaired) electrons. The van der Waals surface area contributed by atoms with Crippen molar-refractivity contribution < 1.29 is 4.92 Å². The molecule has 3 rings (SSSR count). The van der Waals surface area contributed by atoms with E-state index in [9.17, 15) is 10.1 Å². The third-order valence-corrected chi connectivity index (χ3v) is 4.75. The lowest BCUT2D eigenvalue weighted by molar-refractivity contribution is -0.384. The average molecular weight is 322 g/mol. The van der Waals surface area contributed by atoms with Crippen LogP contribution in [0.25, 0.3) is 5.57 Å². The van der Waals surface area contributed by atoms with Gasteiger partial charge in [-0.1, -0.05) is 25.1 Å². The smallest absolute Gasteiger partial charge is 0.269 e. The van der Waals surface area contributed by atoms with Gasteiger partial charge in [-0.25, -0.2) is 0 Å². The van der Waals surface area contributed by atoms with Crippen LogP contribution in [0.1, 0.15) is 31.7 Å². The number of anilines is 2. The second-order valence-corrected chi connectivity index (χ2v) is 6.49. The predicted octanol–water partition coefficient (Wildman–Crippen LogP) is 5.57. The second-order valence-electron chi connectivity index (χ2n) is 6.49. The van der Waals surface area contributed by atoms with E-state index in [4.69, 9.17) is 0 Å². The highest BCUT2D eigenvalue weighted by atomic mass is 16.6. The Labute approximate surface area is 142 Å². The molecule has 1 atom stereocenters. The van der Waals surface area contributed by atoms with Gasteiger partial charge in [-0.05, 0) is 60.6 Å². The number of non-ortho nitro benzene ring substituents is 1. The van der Waals surface area contributed by atoms with E-state index in [-0.39, 0.29) is 10.6 Å². The summed E-state index contributed by atoms with van der Waals surface area (Å²) in [5.74, 6) is 0.793. The van der Waals surface area contributed by atoms with Gasteiger partial charge in [0.2, 0.25) is 0 Å². The van der Waals surface area contributed by atoms with Crippen LogP contribution in [0.3, 0.4) is 0 Å². The molecule has 0 saturated carbocycles. The van der Waals surface area contributed by atoms with Crippen molar-refractivity contribution >= 4 is 22.6 Å². The Bertz CT molecular complexity index is 748. The van der Waals surface area contributed by atoms with Crippen LogP contribution in [0.4, 0.5) is 17.1 Å². The number of hydrogen-bond acceptors (Lipinski definition) is 3. The molecule has 4 heteroatoms. The molecule has 2 aromatic carbocycles. The summed E-state index contributed by atoms with van der Waals surface area (Å²) in [6.07, 6.45) is 5.94. The van der Waals surface area contributed by atoms with Gasteiger partial charge in [-0.2, -0.15) is 0 Å². The van der Waals surface area contributed by atoms with Crippen molar-refractivity contribution in [1.82, 2.24) is 0 Å². The molecule has 0 aromatic heterocycles. The SMILES string of the molecule is CC1CC=C(c2ccc(N(C)c3ccc([N+](=O)[O-])cc3)cc2)CC1. The van der Waals surface area contributed by atoms with Gasteiger partial charge in [0.1, 0.15) is 0 Å². The minimum Gasteiger partial charge on any atom is -0.345 e. The van der Waals surface area contributed by atoms with E-state index in [1.165, 1.54) is 36.1 Å². The lowest BCUT2D eigenvalue weighted by Gasteiger charge is -2.21. The molecule has 1 unspecified atom stereocenters. The van der Waals surface area contributed by atoms with Gasteiger partial charge < -0.3 is 4.90 Å². The standard InChI is InChI=1S/C20H22N2O2/c1-15-3-5-16(6-4-15)17-7-9-18(10-8-17)21(2)19-11-13-20(14-12-19)22(23)24/h5,7-15H,3-4,6H2,1-2H3. The molecule has 0 fully saturated rings. The largest absolute Gasteiger partial charge is 0.345 e. The van der Waals surface area contributed by atoms with Crippen molar-refractivity contribution in [2.75, 3.05) is 11.9 Å². The first-order valence-electron chi connectivity index (χ1n) is 8.32. The molecule has 24 heavy (non-hydrogen) atoms. The van der Waals surface area contributed by atoms with Gasteiger partial charge in [-0.3, -0.25) is 10.1 Å². The van der Waals surface area contributed by atoms with E-state index < -0.39 is 0 Å². The fourth-order valence-corrected chi connectivity index (χ4v) is 3.07. The number of allylic oxidation sites excluding steroid dienone is 2. The van der Waals surface area contributed by atoms with Crippen LogP contribution in [-0.4, -0.2) is 12.0 Å². The van der Waals surface area contributed by atoms with Gasteiger partial charge in [0.15, 0.2) is 0 Å². The fourth-order valence-electron chi connectivity index (χ4n) is 3.07. The summed E-state index contributed by atoms with van der Waals surface area (Å²) in [5, 5.41) is 10.7. The molecular formula is C20H22N2O2. The van der Waals surface area contributed by atoms with Gasteiger partial charge in [0.25, 0.3) is 5.69 Å². The summed E-state index contributed by atoms with van der Waals surface area (Å²) in [4.78, 5) is 12.4. The maximum atomic E-state index is 10.7. The van der Waals surface area contributed by atoms with E-state index in [2.05, 4.69) is 37.3 Å². The molecule has 0 saturated heterocycles. The van der Waals surface area contributed by atoms with Crippen LogP contribution < -0.4 is 4.90 Å². The quantitative estimate of drug-likeness (QED) is 0.546. The summed E-state index contributed by atoms with van der Waals surface area (Å²) in [5.41, 5.74) is 4.85. The monoisotopic (exact) mass is 322 g/mol. The Balaban J connectivity index is 1.76. The lowest BCUT2D eigenvalue weighted by Crippen LogP contribution is -2.09. The van der Waals surface area contributed by atoms with E-state index in [1.807, 2.05) is 11.9 Å². The van der Waals surface area contributed by atoms with Crippen molar-refractivity contribution in [2.24, 2.45) is 5.92 Å². The van der Waals surface area contributed by atoms with Crippen LogP contribution in [0.15, 0.2) is 54.6 Å². The number of nitro benzene ring substituents is 1. The Morgan fingerprint density at radius 2 is 1.62 bits per heavy atom. The minimum absolute atomic E-state index is 0.112. The fraction of sp³-hybridized carbons (Fsp3) is 0.300. The third kappa shape index (κ3) is 3.48. The highest BCUT2D eigenvalue weighted by Gasteiger charge is 2.12. The minimum atomic E-state index is -0.378. The van der Waals surface area contributed by atoms with Crippen LogP contribution in [0, 0.1) is 16.0 Å². The topological polar surface area (TPSA) is 46.4 Å². The molecule has 0 spiro atoms. The normalized spacial score (nSPS) is 17.2. The summed E-state index contributed by atoms with van der Waals surface area (Å²) < 4.78 is 0. The number of rotatable bonds is 4. The molecule has 2 aromatic rings. The van der Waals surface area contributed by atoms with Crippen molar-refractivity contribution in [2.45, 2.75) is 26.2 Å². The molecule has 0 aliphatic heterocycles. The maximum absolute atomic E-state index is 10.7. The average Bonchev–Trinajstić information content (AvgIpc) is 2.62. The van der Waals surface area contributed by atoms with Crippen LogP contribution in [-0.2, 0) is 0 Å². The molecule has 1 aliphatic carbocycles. The van der Waals surface area contributed by atoms with Crippen molar-refractivity contribution in [3.63, 3.8) is 0 Å². The zero-order chi connectivity index (χ0) is 17.1. The lowest BCUT2D eigenvalue weighted by atomic mass is 9.88. The number of benzene rings is 2. The molecular weight excluding hydrogens is 300 g/mol. The van der Waals surface area contributed by atoms with Crippen molar-refractivity contribution in [1.29, 1.82) is 0 Å². The van der Waals surface area contributed by atoms with Gasteiger partial charge >= 0.3 is 0 Å². The summed E-state index contributed by atoms with van der Waals surface area (Å²) in [6.45, 7) is 2.30. The van der Waals surface area contributed by atoms with E-state index in [0.717, 1.165) is 23.7 Å². The van der Waals surface area contributed by atoms with Gasteiger partial charge in [0, 0.05) is 30.6 Å². The van der Waals surface area contributed by atoms with Crippen LogP contribution >= 0.6 is 0 Å². The summed E-state index contributed by atoms with van der Waals surface area (Å²) >= 11 is 0. The first-order chi connectivity index (χ1) is 11.5. The molecule has 1 aliphatic rings. The number of nitro groups is 1. The molecule has 0 bridgehead atoms. The van der Waals surface area contributed by atoms with E-state index in [1.54, 1.807) is 12.1 Å². The second kappa shape index (κ2) is 6.87. The van der Waals surface area contributed by atoms with Crippen LogP contribution in [0.5, 0.6) is 0 Å². The predicted molar refractivity (Wildman–Crippen MR) is 98.6 cm³/mol. The molecule has 124 valence electrons. The first kappa shape index (κ1) is 16.2. The highest BCUT2D eigenvalue weighted by Crippen LogP contribution is 2.32. The molecule has 0 N–H and O–H groups in total. The number of hydrogen-bond donors (Lipinski definition) is 0. The Kier molecular flexibility index (Phi) is 4.65. The Hall–Kier alpha value is -2.62. The van der Waals surface area contributed by atoms with Gasteiger partial charge in [0.05, 0.1) is 4.92 Å². The third-order valence-electron chi connectivity index (χ3n) is 4.75.